The minimum Gasteiger partial charge on any atom is -0.460 e. The molecule has 3 N–H and O–H groups in total. The van der Waals surface area contributed by atoms with Gasteiger partial charge in [-0.3, -0.25) is 9.36 Å². The molecule has 0 aliphatic carbocycles. The Balaban J connectivity index is 1.50. The van der Waals surface area contributed by atoms with Gasteiger partial charge in [-0.05, 0) is 57.9 Å². The molecule has 1 aliphatic heterocycles. The number of anilines is 1. The van der Waals surface area contributed by atoms with Gasteiger partial charge in [-0.15, -0.1) is 11.8 Å². The highest BCUT2D eigenvalue weighted by Crippen LogP contribution is 2.31. The predicted octanol–water partition coefficient (Wildman–Crippen LogP) is 5.94. The minimum absolute atomic E-state index is 0.00982. The smallest absolute Gasteiger partial charge is 0.351 e. The van der Waals surface area contributed by atoms with Gasteiger partial charge in [-0.2, -0.15) is 4.98 Å². The van der Waals surface area contributed by atoms with E-state index in [9.17, 15) is 14.4 Å². The zero-order valence-electron chi connectivity index (χ0n) is 25.3. The largest absolute Gasteiger partial charge is 0.460 e. The van der Waals surface area contributed by atoms with Gasteiger partial charge in [0.15, 0.2) is 0 Å². The van der Waals surface area contributed by atoms with E-state index in [0.717, 1.165) is 38.5 Å². The number of nitrogen functional groups attached to an aromatic ring is 1. The number of carbonyl (C=O) groups is 2. The third kappa shape index (κ3) is 16.0. The van der Waals surface area contributed by atoms with Crippen molar-refractivity contribution < 1.29 is 19.1 Å². The van der Waals surface area contributed by atoms with Gasteiger partial charge in [0.2, 0.25) is 5.91 Å². The normalized spacial score (nSPS) is 18.3. The number of amides is 1. The standard InChI is InChI=1S/C33H46N4O5S/c1-3-4-5-6-7-8-9-10-11-12-13-14-15-16-17-18-19-20-21-22-29(38)35-27(2)32(39)41-25-31-42-30(26-43-31)37-24-23-28(34)36-33(37)40/h4-5,7-8,10-11,13-14,16-17,19-20,23-24,27,30-31H,3,6,9,12,15,18,21-22,25-26H2,1-2H3,(H,35,38)(H2,34,36,40). The van der Waals surface area contributed by atoms with Crippen molar-refractivity contribution in [1.29, 1.82) is 0 Å². The van der Waals surface area contributed by atoms with Crippen molar-refractivity contribution in [3.05, 3.63) is 95.7 Å². The maximum Gasteiger partial charge on any atom is 0.351 e. The summed E-state index contributed by atoms with van der Waals surface area (Å²) < 4.78 is 12.5. The lowest BCUT2D eigenvalue weighted by Gasteiger charge is -2.16. The van der Waals surface area contributed by atoms with Crippen LogP contribution in [-0.2, 0) is 19.1 Å². The van der Waals surface area contributed by atoms with Crippen LogP contribution >= 0.6 is 11.8 Å². The molecule has 0 aromatic carbocycles. The summed E-state index contributed by atoms with van der Waals surface area (Å²) in [5, 5.41) is 2.67. The molecule has 234 valence electrons. The van der Waals surface area contributed by atoms with E-state index in [1.54, 1.807) is 6.92 Å². The molecule has 1 amide bonds. The number of esters is 1. The van der Waals surface area contributed by atoms with Crippen molar-refractivity contribution >= 4 is 29.5 Å². The zero-order valence-corrected chi connectivity index (χ0v) is 26.1. The van der Waals surface area contributed by atoms with Gasteiger partial charge in [0.05, 0.1) is 0 Å². The van der Waals surface area contributed by atoms with E-state index >= 15 is 0 Å². The van der Waals surface area contributed by atoms with Crippen molar-refractivity contribution in [2.45, 2.75) is 82.9 Å². The van der Waals surface area contributed by atoms with E-state index in [2.05, 4.69) is 78.0 Å². The van der Waals surface area contributed by atoms with Gasteiger partial charge in [-0.25, -0.2) is 9.59 Å². The average molecular weight is 611 g/mol. The Hall–Kier alpha value is -3.63. The number of hydrogen-bond donors (Lipinski definition) is 2. The molecule has 0 bridgehead atoms. The van der Waals surface area contributed by atoms with Gasteiger partial charge in [0, 0.05) is 18.4 Å². The van der Waals surface area contributed by atoms with Crippen LogP contribution in [0.4, 0.5) is 5.82 Å². The predicted molar refractivity (Wildman–Crippen MR) is 175 cm³/mol. The van der Waals surface area contributed by atoms with Crippen LogP contribution in [-0.4, -0.2) is 45.3 Å². The molecule has 1 aromatic heterocycles. The fourth-order valence-corrected chi connectivity index (χ4v) is 4.81. The Kier molecular flexibility index (Phi) is 18.2. The van der Waals surface area contributed by atoms with Crippen LogP contribution < -0.4 is 16.7 Å². The summed E-state index contributed by atoms with van der Waals surface area (Å²) in [4.78, 5) is 40.2. The molecule has 1 saturated heterocycles. The number of nitrogens with two attached hydrogens (primary N) is 1. The van der Waals surface area contributed by atoms with E-state index in [0.29, 0.717) is 12.2 Å². The zero-order chi connectivity index (χ0) is 31.1. The Morgan fingerprint density at radius 2 is 1.58 bits per heavy atom. The lowest BCUT2D eigenvalue weighted by atomic mass is 10.2. The number of ether oxygens (including phenoxy) is 2. The number of aromatic nitrogens is 2. The summed E-state index contributed by atoms with van der Waals surface area (Å²) in [7, 11) is 0. The molecule has 2 rings (SSSR count). The lowest BCUT2D eigenvalue weighted by Crippen LogP contribution is -2.40. The Morgan fingerprint density at radius 1 is 1.02 bits per heavy atom. The molecule has 43 heavy (non-hydrogen) atoms. The van der Waals surface area contributed by atoms with Crippen LogP contribution in [0.1, 0.15) is 71.4 Å². The molecule has 0 radical (unpaired) electrons. The van der Waals surface area contributed by atoms with Crippen LogP contribution in [0.15, 0.2) is 90.0 Å². The SMILES string of the molecule is CCC=CCC=CCC=CCC=CCC=CCC=CCCC(=O)NC(C)C(=O)OCC1OC(n2ccc(N)nc2=O)CS1. The lowest BCUT2D eigenvalue weighted by molar-refractivity contribution is -0.150. The van der Waals surface area contributed by atoms with Crippen LogP contribution in [0, 0.1) is 0 Å². The molecule has 10 heteroatoms. The maximum absolute atomic E-state index is 12.3. The summed E-state index contributed by atoms with van der Waals surface area (Å²) in [5.41, 5.74) is 4.60. The summed E-state index contributed by atoms with van der Waals surface area (Å²) >= 11 is 1.43. The highest BCUT2D eigenvalue weighted by Gasteiger charge is 2.29. The van der Waals surface area contributed by atoms with Crippen molar-refractivity contribution in [3.8, 4) is 0 Å². The monoisotopic (exact) mass is 610 g/mol. The first-order chi connectivity index (χ1) is 20.9. The maximum atomic E-state index is 12.3. The van der Waals surface area contributed by atoms with Crippen LogP contribution in [0.5, 0.6) is 0 Å². The Labute approximate surface area is 259 Å². The molecule has 9 nitrogen and oxygen atoms in total. The summed E-state index contributed by atoms with van der Waals surface area (Å²) in [6.45, 7) is 3.74. The van der Waals surface area contributed by atoms with Crippen LogP contribution in [0.3, 0.4) is 0 Å². The second-order valence-corrected chi connectivity index (χ2v) is 11.0. The van der Waals surface area contributed by atoms with E-state index in [4.69, 9.17) is 15.2 Å². The minimum atomic E-state index is -0.774. The molecule has 1 aliphatic rings. The highest BCUT2D eigenvalue weighted by atomic mass is 32.2. The van der Waals surface area contributed by atoms with Gasteiger partial charge in [0.1, 0.15) is 30.1 Å². The van der Waals surface area contributed by atoms with Gasteiger partial charge in [-0.1, -0.05) is 79.8 Å². The Morgan fingerprint density at radius 3 is 2.14 bits per heavy atom. The average Bonchev–Trinajstić information content (AvgIpc) is 3.45. The van der Waals surface area contributed by atoms with Crippen molar-refractivity contribution in [1.82, 2.24) is 14.9 Å². The number of thioether (sulfide) groups is 1. The summed E-state index contributed by atoms with van der Waals surface area (Å²) in [6, 6.07) is 0.749. The molecular weight excluding hydrogens is 564 g/mol. The third-order valence-electron chi connectivity index (χ3n) is 6.12. The topological polar surface area (TPSA) is 126 Å². The molecule has 0 saturated carbocycles. The quantitative estimate of drug-likeness (QED) is 0.146. The van der Waals surface area contributed by atoms with E-state index < -0.39 is 29.4 Å². The first-order valence-corrected chi connectivity index (χ1v) is 15.9. The number of nitrogens with zero attached hydrogens (tertiary/aromatic N) is 2. The summed E-state index contributed by atoms with van der Waals surface area (Å²) in [5.74, 6) is -0.105. The molecular formula is C33H46N4O5S. The molecule has 0 spiro atoms. The second-order valence-electron chi connectivity index (χ2n) is 9.77. The second kappa shape index (κ2) is 22.0. The number of carbonyl (C=O) groups excluding carboxylic acids is 2. The van der Waals surface area contributed by atoms with E-state index in [-0.39, 0.29) is 24.8 Å². The van der Waals surface area contributed by atoms with E-state index in [1.165, 1.54) is 28.6 Å². The van der Waals surface area contributed by atoms with Gasteiger partial charge >= 0.3 is 11.7 Å². The van der Waals surface area contributed by atoms with E-state index in [1.807, 2.05) is 12.2 Å². The first-order valence-electron chi connectivity index (χ1n) is 14.9. The molecule has 1 aromatic rings. The summed E-state index contributed by atoms with van der Waals surface area (Å²) in [6.07, 6.45) is 33.3. The molecule has 3 unspecified atom stereocenters. The van der Waals surface area contributed by atoms with Crippen molar-refractivity contribution in [2.75, 3.05) is 18.1 Å². The van der Waals surface area contributed by atoms with Gasteiger partial charge < -0.3 is 20.5 Å². The number of hydrogen-bond acceptors (Lipinski definition) is 8. The fraction of sp³-hybridized carbons (Fsp3) is 0.455. The van der Waals surface area contributed by atoms with Crippen molar-refractivity contribution in [3.63, 3.8) is 0 Å². The van der Waals surface area contributed by atoms with Crippen molar-refractivity contribution in [2.24, 2.45) is 0 Å². The van der Waals surface area contributed by atoms with Crippen LogP contribution in [0.2, 0.25) is 0 Å². The third-order valence-corrected chi connectivity index (χ3v) is 7.22. The number of rotatable bonds is 19. The fourth-order valence-electron chi connectivity index (χ4n) is 3.82. The number of nitrogens with one attached hydrogen (secondary N) is 1. The molecule has 2 heterocycles. The first kappa shape index (κ1) is 35.6. The number of allylic oxidation sites excluding steroid dienone is 12. The molecule has 1 fully saturated rings. The van der Waals surface area contributed by atoms with Gasteiger partial charge in [0.25, 0.3) is 0 Å². The Bertz CT molecular complexity index is 1220. The highest BCUT2D eigenvalue weighted by molar-refractivity contribution is 8.00. The van der Waals surface area contributed by atoms with Crippen LogP contribution in [0.25, 0.3) is 0 Å². The molecule has 3 atom stereocenters.